The van der Waals surface area contributed by atoms with Gasteiger partial charge >= 0.3 is 0 Å². The van der Waals surface area contributed by atoms with Crippen LogP contribution in [0.15, 0.2) is 42.5 Å². The predicted octanol–water partition coefficient (Wildman–Crippen LogP) is 3.57. The van der Waals surface area contributed by atoms with Gasteiger partial charge in [-0.25, -0.2) is 4.39 Å². The number of ketones is 1. The van der Waals surface area contributed by atoms with Crippen LogP contribution in [0.5, 0.6) is 5.75 Å². The molecular formula is C16H15FO2. The van der Waals surface area contributed by atoms with Crippen LogP contribution in [0.3, 0.4) is 0 Å². The van der Waals surface area contributed by atoms with Crippen molar-refractivity contribution in [1.82, 2.24) is 0 Å². The fourth-order valence-corrected chi connectivity index (χ4v) is 1.98. The minimum atomic E-state index is -0.442. The highest BCUT2D eigenvalue weighted by Crippen LogP contribution is 2.21. The van der Waals surface area contributed by atoms with Gasteiger partial charge in [0.25, 0.3) is 0 Å². The molecule has 0 atom stereocenters. The van der Waals surface area contributed by atoms with Crippen molar-refractivity contribution in [2.75, 3.05) is 7.11 Å². The van der Waals surface area contributed by atoms with E-state index in [4.69, 9.17) is 4.74 Å². The number of halogens is 1. The number of aryl methyl sites for hydroxylation is 1. The molecule has 0 amide bonds. The molecule has 2 rings (SSSR count). The molecule has 0 N–H and O–H groups in total. The minimum absolute atomic E-state index is 0.129. The summed E-state index contributed by atoms with van der Waals surface area (Å²) in [6.45, 7) is 1.65. The van der Waals surface area contributed by atoms with E-state index in [0.29, 0.717) is 11.3 Å². The van der Waals surface area contributed by atoms with E-state index < -0.39 is 5.82 Å². The third-order valence-electron chi connectivity index (χ3n) is 3.04. The van der Waals surface area contributed by atoms with Crippen molar-refractivity contribution < 1.29 is 13.9 Å². The normalized spacial score (nSPS) is 10.3. The highest BCUT2D eigenvalue weighted by atomic mass is 19.1. The maximum atomic E-state index is 13.9. The lowest BCUT2D eigenvalue weighted by molar-refractivity contribution is 0.0988. The fourth-order valence-electron chi connectivity index (χ4n) is 1.98. The van der Waals surface area contributed by atoms with E-state index in [1.165, 1.54) is 6.07 Å². The van der Waals surface area contributed by atoms with E-state index in [2.05, 4.69) is 0 Å². The first-order valence-electron chi connectivity index (χ1n) is 6.03. The van der Waals surface area contributed by atoms with Gasteiger partial charge in [-0.05, 0) is 24.6 Å². The van der Waals surface area contributed by atoms with Crippen molar-refractivity contribution in [2.24, 2.45) is 0 Å². The fraction of sp³-hybridized carbons (Fsp3) is 0.188. The maximum absolute atomic E-state index is 13.9. The molecule has 0 saturated carbocycles. The summed E-state index contributed by atoms with van der Waals surface area (Å²) in [6.07, 6.45) is 0.129. The molecule has 0 aliphatic heterocycles. The highest BCUT2D eigenvalue weighted by Gasteiger charge is 2.15. The Kier molecular flexibility index (Phi) is 3.95. The molecule has 0 spiro atoms. The summed E-state index contributed by atoms with van der Waals surface area (Å²) in [5, 5.41) is 0. The average Bonchev–Trinajstić information content (AvgIpc) is 2.42. The first-order valence-corrected chi connectivity index (χ1v) is 6.03. The number of carbonyl (C=O) groups is 1. The average molecular weight is 258 g/mol. The van der Waals surface area contributed by atoms with Crippen LogP contribution in [0, 0.1) is 12.7 Å². The number of methoxy groups -OCH3 is 1. The van der Waals surface area contributed by atoms with E-state index in [1.807, 2.05) is 18.2 Å². The zero-order valence-corrected chi connectivity index (χ0v) is 10.9. The number of rotatable bonds is 4. The van der Waals surface area contributed by atoms with Crippen molar-refractivity contribution in [3.8, 4) is 5.75 Å². The summed E-state index contributed by atoms with van der Waals surface area (Å²) in [6, 6.07) is 12.1. The van der Waals surface area contributed by atoms with Crippen molar-refractivity contribution in [1.29, 1.82) is 0 Å². The van der Waals surface area contributed by atoms with E-state index in [1.54, 1.807) is 32.2 Å². The molecule has 2 nitrogen and oxygen atoms in total. The third kappa shape index (κ3) is 2.81. The van der Waals surface area contributed by atoms with Gasteiger partial charge in [0.1, 0.15) is 11.6 Å². The molecule has 19 heavy (non-hydrogen) atoms. The molecule has 0 saturated heterocycles. The number of Topliss-reactive ketones (excluding diaryl/α,β-unsaturated/α-hetero) is 1. The minimum Gasteiger partial charge on any atom is -0.496 e. The quantitative estimate of drug-likeness (QED) is 0.784. The van der Waals surface area contributed by atoms with Gasteiger partial charge in [-0.1, -0.05) is 30.3 Å². The second-order valence-corrected chi connectivity index (χ2v) is 4.35. The van der Waals surface area contributed by atoms with Gasteiger partial charge in [0, 0.05) is 12.0 Å². The number of para-hydroxylation sites is 1. The van der Waals surface area contributed by atoms with Crippen molar-refractivity contribution >= 4 is 5.78 Å². The van der Waals surface area contributed by atoms with E-state index in [0.717, 1.165) is 5.56 Å². The van der Waals surface area contributed by atoms with Crippen LogP contribution in [-0.2, 0) is 6.42 Å². The summed E-state index contributed by atoms with van der Waals surface area (Å²) in [4.78, 5) is 12.2. The summed E-state index contributed by atoms with van der Waals surface area (Å²) in [5.74, 6) is -0.0444. The number of benzene rings is 2. The van der Waals surface area contributed by atoms with Gasteiger partial charge in [0.05, 0.1) is 12.7 Å². The van der Waals surface area contributed by atoms with E-state index in [9.17, 15) is 9.18 Å². The second-order valence-electron chi connectivity index (χ2n) is 4.35. The molecule has 0 radical (unpaired) electrons. The summed E-state index contributed by atoms with van der Waals surface area (Å²) in [7, 11) is 1.55. The molecule has 0 unspecified atom stereocenters. The zero-order chi connectivity index (χ0) is 13.8. The first-order chi connectivity index (χ1) is 9.13. The SMILES string of the molecule is COc1ccccc1CC(=O)c1cccc(C)c1F. The van der Waals surface area contributed by atoms with Crippen LogP contribution in [0.1, 0.15) is 21.5 Å². The highest BCUT2D eigenvalue weighted by molar-refractivity contribution is 5.98. The molecule has 0 aliphatic carbocycles. The number of hydrogen-bond acceptors (Lipinski definition) is 2. The van der Waals surface area contributed by atoms with Crippen molar-refractivity contribution in [3.05, 3.63) is 65.0 Å². The summed E-state index contributed by atoms with van der Waals surface area (Å²) in [5.41, 5.74) is 1.37. The first kappa shape index (κ1) is 13.3. The molecular weight excluding hydrogens is 243 g/mol. The van der Waals surface area contributed by atoms with Crippen LogP contribution in [-0.4, -0.2) is 12.9 Å². The van der Waals surface area contributed by atoms with Crippen LogP contribution in [0.2, 0.25) is 0 Å². The molecule has 2 aromatic carbocycles. The van der Waals surface area contributed by atoms with Gasteiger partial charge in [-0.3, -0.25) is 4.79 Å². The number of ether oxygens (including phenoxy) is 1. The zero-order valence-electron chi connectivity index (χ0n) is 10.9. The molecule has 0 heterocycles. The topological polar surface area (TPSA) is 26.3 Å². The molecule has 2 aromatic rings. The lowest BCUT2D eigenvalue weighted by Crippen LogP contribution is -2.08. The Hall–Kier alpha value is -2.16. The maximum Gasteiger partial charge on any atom is 0.170 e. The van der Waals surface area contributed by atoms with Gasteiger partial charge < -0.3 is 4.74 Å². The van der Waals surface area contributed by atoms with Crippen LogP contribution >= 0.6 is 0 Å². The Balaban J connectivity index is 2.28. The number of carbonyl (C=O) groups excluding carboxylic acids is 1. The third-order valence-corrected chi connectivity index (χ3v) is 3.04. The van der Waals surface area contributed by atoms with E-state index >= 15 is 0 Å². The Bertz CT molecular complexity index is 605. The Morgan fingerprint density at radius 3 is 2.63 bits per heavy atom. The monoisotopic (exact) mass is 258 g/mol. The van der Waals surface area contributed by atoms with Crippen molar-refractivity contribution in [3.63, 3.8) is 0 Å². The molecule has 0 bridgehead atoms. The molecule has 3 heteroatoms. The van der Waals surface area contributed by atoms with E-state index in [-0.39, 0.29) is 17.8 Å². The van der Waals surface area contributed by atoms with Gasteiger partial charge in [0.2, 0.25) is 0 Å². The smallest absolute Gasteiger partial charge is 0.170 e. The molecule has 98 valence electrons. The summed E-state index contributed by atoms with van der Waals surface area (Å²) >= 11 is 0. The van der Waals surface area contributed by atoms with Gasteiger partial charge in [-0.2, -0.15) is 0 Å². The molecule has 0 aromatic heterocycles. The lowest BCUT2D eigenvalue weighted by Gasteiger charge is -2.08. The lowest BCUT2D eigenvalue weighted by atomic mass is 10.0. The second kappa shape index (κ2) is 5.65. The molecule has 0 fully saturated rings. The van der Waals surface area contributed by atoms with Gasteiger partial charge in [0.15, 0.2) is 5.78 Å². The summed E-state index contributed by atoms with van der Waals surface area (Å²) < 4.78 is 19.1. The predicted molar refractivity (Wildman–Crippen MR) is 72.2 cm³/mol. The van der Waals surface area contributed by atoms with Crippen molar-refractivity contribution in [2.45, 2.75) is 13.3 Å². The Morgan fingerprint density at radius 2 is 1.89 bits per heavy atom. The molecule has 0 aliphatic rings. The van der Waals surface area contributed by atoms with Gasteiger partial charge in [-0.15, -0.1) is 0 Å². The van der Waals surface area contributed by atoms with Crippen LogP contribution in [0.4, 0.5) is 4.39 Å². The largest absolute Gasteiger partial charge is 0.496 e. The van der Waals surface area contributed by atoms with Crippen LogP contribution in [0.25, 0.3) is 0 Å². The number of hydrogen-bond donors (Lipinski definition) is 0. The van der Waals surface area contributed by atoms with Crippen LogP contribution < -0.4 is 4.74 Å². The standard InChI is InChI=1S/C16H15FO2/c1-11-6-5-8-13(16(11)17)14(18)10-12-7-3-4-9-15(12)19-2/h3-9H,10H2,1-2H3. The Morgan fingerprint density at radius 1 is 1.16 bits per heavy atom. The Labute approximate surface area is 111 Å².